The van der Waals surface area contributed by atoms with Gasteiger partial charge in [-0.1, -0.05) is 38.1 Å². The summed E-state index contributed by atoms with van der Waals surface area (Å²) in [7, 11) is 0. The van der Waals surface area contributed by atoms with Gasteiger partial charge in [0.2, 0.25) is 5.91 Å². The minimum absolute atomic E-state index is 0.0722. The Bertz CT molecular complexity index is 447. The van der Waals surface area contributed by atoms with Crippen LogP contribution in [0.25, 0.3) is 6.08 Å². The standard InChI is InChI=1S/C18H27NO/c1-13(2)17-10-7-16(8-11-17)9-12-18(20)19(14(3)4)15(5)6/h7-15H,1-6H3/b12-9+. The summed E-state index contributed by atoms with van der Waals surface area (Å²) < 4.78 is 0. The summed E-state index contributed by atoms with van der Waals surface area (Å²) in [5.41, 5.74) is 2.38. The van der Waals surface area contributed by atoms with E-state index < -0.39 is 0 Å². The summed E-state index contributed by atoms with van der Waals surface area (Å²) in [5, 5.41) is 0. The average molecular weight is 273 g/mol. The largest absolute Gasteiger partial charge is 0.334 e. The maximum Gasteiger partial charge on any atom is 0.247 e. The van der Waals surface area contributed by atoms with Crippen LogP contribution in [-0.2, 0) is 4.79 Å². The van der Waals surface area contributed by atoms with Crippen molar-refractivity contribution >= 4 is 12.0 Å². The predicted molar refractivity (Wildman–Crippen MR) is 86.7 cm³/mol. The summed E-state index contributed by atoms with van der Waals surface area (Å²) in [4.78, 5) is 14.1. The second kappa shape index (κ2) is 7.28. The van der Waals surface area contributed by atoms with E-state index in [9.17, 15) is 4.79 Å². The Kier molecular flexibility index (Phi) is 6.00. The molecular weight excluding hydrogens is 246 g/mol. The molecular formula is C18H27NO. The van der Waals surface area contributed by atoms with Crippen LogP contribution >= 0.6 is 0 Å². The third-order valence-electron chi connectivity index (χ3n) is 3.39. The Labute approximate surface area is 123 Å². The van der Waals surface area contributed by atoms with Crippen molar-refractivity contribution in [3.05, 3.63) is 41.5 Å². The van der Waals surface area contributed by atoms with Crippen LogP contribution in [0.5, 0.6) is 0 Å². The van der Waals surface area contributed by atoms with Crippen LogP contribution in [0.4, 0.5) is 0 Å². The Balaban J connectivity index is 2.78. The van der Waals surface area contributed by atoms with Gasteiger partial charge in [-0.2, -0.15) is 0 Å². The first kappa shape index (κ1) is 16.5. The molecule has 2 heteroatoms. The van der Waals surface area contributed by atoms with Crippen molar-refractivity contribution < 1.29 is 4.79 Å². The molecule has 0 aliphatic carbocycles. The lowest BCUT2D eigenvalue weighted by molar-refractivity contribution is -0.129. The molecule has 1 aromatic rings. The van der Waals surface area contributed by atoms with Gasteiger partial charge in [-0.3, -0.25) is 4.79 Å². The first-order valence-corrected chi connectivity index (χ1v) is 7.43. The molecule has 1 amide bonds. The molecule has 2 nitrogen and oxygen atoms in total. The summed E-state index contributed by atoms with van der Waals surface area (Å²) in [6.07, 6.45) is 3.56. The minimum atomic E-state index is 0.0722. The highest BCUT2D eigenvalue weighted by Crippen LogP contribution is 2.15. The fraction of sp³-hybridized carbons (Fsp3) is 0.500. The first-order chi connectivity index (χ1) is 9.32. The molecule has 0 saturated carbocycles. The predicted octanol–water partition coefficient (Wildman–Crippen LogP) is 4.47. The van der Waals surface area contributed by atoms with E-state index >= 15 is 0 Å². The van der Waals surface area contributed by atoms with Gasteiger partial charge < -0.3 is 4.90 Å². The molecule has 0 heterocycles. The SMILES string of the molecule is CC(C)c1ccc(/C=C/C(=O)N(C(C)C)C(C)C)cc1. The fourth-order valence-electron chi connectivity index (χ4n) is 2.35. The van der Waals surface area contributed by atoms with Crippen LogP contribution in [-0.4, -0.2) is 22.9 Å². The van der Waals surface area contributed by atoms with Gasteiger partial charge in [0.1, 0.15) is 0 Å². The van der Waals surface area contributed by atoms with Crippen LogP contribution in [0.1, 0.15) is 58.6 Å². The van der Waals surface area contributed by atoms with Crippen LogP contribution in [0.2, 0.25) is 0 Å². The number of rotatable bonds is 5. The van der Waals surface area contributed by atoms with Crippen LogP contribution in [0, 0.1) is 0 Å². The molecule has 0 atom stereocenters. The van der Waals surface area contributed by atoms with E-state index in [1.165, 1.54) is 5.56 Å². The molecule has 0 unspecified atom stereocenters. The van der Waals surface area contributed by atoms with Crippen molar-refractivity contribution in [1.29, 1.82) is 0 Å². The number of hydrogen-bond donors (Lipinski definition) is 0. The van der Waals surface area contributed by atoms with Crippen molar-refractivity contribution in [2.75, 3.05) is 0 Å². The molecule has 0 bridgehead atoms. The molecule has 0 saturated heterocycles. The zero-order chi connectivity index (χ0) is 15.3. The minimum Gasteiger partial charge on any atom is -0.334 e. The van der Waals surface area contributed by atoms with E-state index in [4.69, 9.17) is 0 Å². The van der Waals surface area contributed by atoms with Crippen molar-refractivity contribution in [2.24, 2.45) is 0 Å². The first-order valence-electron chi connectivity index (χ1n) is 7.43. The molecule has 1 rings (SSSR count). The van der Waals surface area contributed by atoms with Gasteiger partial charge in [-0.25, -0.2) is 0 Å². The highest BCUT2D eigenvalue weighted by atomic mass is 16.2. The number of benzene rings is 1. The van der Waals surface area contributed by atoms with Gasteiger partial charge in [0.25, 0.3) is 0 Å². The summed E-state index contributed by atoms with van der Waals surface area (Å²) >= 11 is 0. The Hall–Kier alpha value is -1.57. The highest BCUT2D eigenvalue weighted by Gasteiger charge is 2.17. The summed E-state index contributed by atoms with van der Waals surface area (Å²) in [6, 6.07) is 8.81. The van der Waals surface area contributed by atoms with Crippen LogP contribution in [0.15, 0.2) is 30.3 Å². The third-order valence-corrected chi connectivity index (χ3v) is 3.39. The smallest absolute Gasteiger partial charge is 0.247 e. The Morgan fingerprint density at radius 1 is 0.950 bits per heavy atom. The molecule has 0 N–H and O–H groups in total. The van der Waals surface area contributed by atoms with Crippen molar-refractivity contribution in [1.82, 2.24) is 4.90 Å². The van der Waals surface area contributed by atoms with Crippen molar-refractivity contribution in [3.8, 4) is 0 Å². The fourth-order valence-corrected chi connectivity index (χ4v) is 2.35. The van der Waals surface area contributed by atoms with E-state index in [0.29, 0.717) is 5.92 Å². The van der Waals surface area contributed by atoms with Gasteiger partial charge in [0.15, 0.2) is 0 Å². The maximum absolute atomic E-state index is 12.2. The van der Waals surface area contributed by atoms with Gasteiger partial charge in [0, 0.05) is 18.2 Å². The zero-order valence-corrected chi connectivity index (χ0v) is 13.6. The van der Waals surface area contributed by atoms with Gasteiger partial charge >= 0.3 is 0 Å². The van der Waals surface area contributed by atoms with Gasteiger partial charge in [-0.15, -0.1) is 0 Å². The normalized spacial score (nSPS) is 11.8. The quantitative estimate of drug-likeness (QED) is 0.725. The number of amides is 1. The lowest BCUT2D eigenvalue weighted by Gasteiger charge is -2.29. The zero-order valence-electron chi connectivity index (χ0n) is 13.6. The van der Waals surface area contributed by atoms with Crippen molar-refractivity contribution in [2.45, 2.75) is 59.5 Å². The van der Waals surface area contributed by atoms with E-state index in [-0.39, 0.29) is 18.0 Å². The maximum atomic E-state index is 12.2. The van der Waals surface area contributed by atoms with Crippen molar-refractivity contribution in [3.63, 3.8) is 0 Å². The molecule has 0 radical (unpaired) electrons. The second-order valence-electron chi connectivity index (χ2n) is 6.09. The topological polar surface area (TPSA) is 20.3 Å². The Morgan fingerprint density at radius 3 is 1.85 bits per heavy atom. The molecule has 0 fully saturated rings. The summed E-state index contributed by atoms with van der Waals surface area (Å²) in [6.45, 7) is 12.5. The average Bonchev–Trinajstić information content (AvgIpc) is 2.36. The van der Waals surface area contributed by atoms with E-state index in [1.807, 2.05) is 38.7 Å². The number of carbonyl (C=O) groups is 1. The molecule has 0 aromatic heterocycles. The highest BCUT2D eigenvalue weighted by molar-refractivity contribution is 5.92. The third kappa shape index (κ3) is 4.52. The van der Waals surface area contributed by atoms with E-state index in [2.05, 4.69) is 38.1 Å². The van der Waals surface area contributed by atoms with Crippen LogP contribution in [0.3, 0.4) is 0 Å². The number of hydrogen-bond acceptors (Lipinski definition) is 1. The number of nitrogens with zero attached hydrogens (tertiary/aromatic N) is 1. The molecule has 0 aliphatic heterocycles. The molecule has 0 spiro atoms. The monoisotopic (exact) mass is 273 g/mol. The van der Waals surface area contributed by atoms with Gasteiger partial charge in [-0.05, 0) is 50.8 Å². The van der Waals surface area contributed by atoms with E-state index in [0.717, 1.165) is 5.56 Å². The van der Waals surface area contributed by atoms with Gasteiger partial charge in [0.05, 0.1) is 0 Å². The molecule has 1 aromatic carbocycles. The number of carbonyl (C=O) groups excluding carboxylic acids is 1. The molecule has 110 valence electrons. The lowest BCUT2D eigenvalue weighted by Crippen LogP contribution is -2.41. The Morgan fingerprint density at radius 2 is 1.45 bits per heavy atom. The van der Waals surface area contributed by atoms with E-state index in [1.54, 1.807) is 6.08 Å². The lowest BCUT2D eigenvalue weighted by atomic mass is 10.0. The summed E-state index contributed by atoms with van der Waals surface area (Å²) in [5.74, 6) is 0.606. The molecule has 0 aliphatic rings. The molecule has 20 heavy (non-hydrogen) atoms. The second-order valence-corrected chi connectivity index (χ2v) is 6.09. The van der Waals surface area contributed by atoms with Crippen LogP contribution < -0.4 is 0 Å².